The van der Waals surface area contributed by atoms with Crippen molar-refractivity contribution in [2.45, 2.75) is 33.1 Å². The fraction of sp³-hybridized carbons (Fsp3) is 0.533. The molecule has 1 aliphatic rings. The van der Waals surface area contributed by atoms with E-state index in [1.807, 2.05) is 12.1 Å². The van der Waals surface area contributed by atoms with Crippen LogP contribution in [0.25, 0.3) is 0 Å². The average molecular weight is 228 g/mol. The number of nitrogens with zero attached hydrogens (tertiary/aromatic N) is 1. The molecule has 0 aliphatic heterocycles. The molecule has 2 nitrogen and oxygen atoms in total. The van der Waals surface area contributed by atoms with Crippen molar-refractivity contribution in [3.05, 3.63) is 29.3 Å². The Morgan fingerprint density at radius 2 is 2.24 bits per heavy atom. The van der Waals surface area contributed by atoms with Crippen LogP contribution in [-0.2, 0) is 0 Å². The molecule has 0 bridgehead atoms. The number of anilines is 1. The Morgan fingerprint density at radius 3 is 2.88 bits per heavy atom. The fourth-order valence-corrected chi connectivity index (χ4v) is 2.67. The van der Waals surface area contributed by atoms with Gasteiger partial charge in [-0.3, -0.25) is 0 Å². The Hall–Kier alpha value is -1.49. The largest absolute Gasteiger partial charge is 0.384 e. The highest BCUT2D eigenvalue weighted by Crippen LogP contribution is 2.30. The summed E-state index contributed by atoms with van der Waals surface area (Å²) in [6.07, 6.45) is 3.99. The first kappa shape index (κ1) is 12.0. The molecule has 1 aliphatic carbocycles. The maximum absolute atomic E-state index is 9.05. The molecular weight excluding hydrogens is 208 g/mol. The number of aryl methyl sites for hydroxylation is 1. The minimum Gasteiger partial charge on any atom is -0.384 e. The molecular formula is C15H20N2. The summed E-state index contributed by atoms with van der Waals surface area (Å²) in [5.74, 6) is 1.65. The van der Waals surface area contributed by atoms with E-state index in [0.29, 0.717) is 0 Å². The van der Waals surface area contributed by atoms with Gasteiger partial charge in [0.1, 0.15) is 6.07 Å². The van der Waals surface area contributed by atoms with Gasteiger partial charge in [0.2, 0.25) is 0 Å². The summed E-state index contributed by atoms with van der Waals surface area (Å²) in [6, 6.07) is 8.20. The molecule has 17 heavy (non-hydrogen) atoms. The van der Waals surface area contributed by atoms with E-state index in [0.717, 1.165) is 29.6 Å². The van der Waals surface area contributed by atoms with Gasteiger partial charge >= 0.3 is 0 Å². The van der Waals surface area contributed by atoms with Crippen LogP contribution in [0.4, 0.5) is 5.69 Å². The number of rotatable bonds is 3. The molecule has 0 saturated heterocycles. The third-order valence-corrected chi connectivity index (χ3v) is 3.68. The maximum Gasteiger partial charge on any atom is 0.101 e. The van der Waals surface area contributed by atoms with Crippen LogP contribution in [0, 0.1) is 30.1 Å². The second-order valence-corrected chi connectivity index (χ2v) is 5.33. The van der Waals surface area contributed by atoms with Gasteiger partial charge in [-0.1, -0.05) is 19.4 Å². The highest BCUT2D eigenvalue weighted by atomic mass is 14.9. The number of hydrogen-bond donors (Lipinski definition) is 1. The predicted molar refractivity (Wildman–Crippen MR) is 70.9 cm³/mol. The standard InChI is InChI=1S/C15H20N2/c1-11-3-5-13(7-11)10-17-15-8-12(2)4-6-14(15)9-16/h4,6,8,11,13,17H,3,5,7,10H2,1-2H3. The minimum atomic E-state index is 0.752. The van der Waals surface area contributed by atoms with Gasteiger partial charge in [0.25, 0.3) is 0 Å². The number of nitrogens with one attached hydrogen (secondary N) is 1. The normalized spacial score (nSPS) is 23.4. The molecule has 2 rings (SSSR count). The van der Waals surface area contributed by atoms with Gasteiger partial charge in [-0.15, -0.1) is 0 Å². The minimum absolute atomic E-state index is 0.752. The van der Waals surface area contributed by atoms with E-state index in [2.05, 4.69) is 31.3 Å². The fourth-order valence-electron chi connectivity index (χ4n) is 2.67. The molecule has 1 fully saturated rings. The molecule has 0 heterocycles. The lowest BCUT2D eigenvalue weighted by Crippen LogP contribution is -2.12. The monoisotopic (exact) mass is 228 g/mol. The summed E-state index contributed by atoms with van der Waals surface area (Å²) in [5.41, 5.74) is 2.94. The highest BCUT2D eigenvalue weighted by molar-refractivity contribution is 5.58. The van der Waals surface area contributed by atoms with Crippen molar-refractivity contribution in [1.29, 1.82) is 5.26 Å². The molecule has 1 saturated carbocycles. The first-order valence-corrected chi connectivity index (χ1v) is 6.43. The predicted octanol–water partition coefficient (Wildman–Crippen LogP) is 3.71. The van der Waals surface area contributed by atoms with Gasteiger partial charge in [-0.25, -0.2) is 0 Å². The van der Waals surface area contributed by atoms with Crippen molar-refractivity contribution in [3.63, 3.8) is 0 Å². The van der Waals surface area contributed by atoms with E-state index >= 15 is 0 Å². The van der Waals surface area contributed by atoms with Crippen LogP contribution in [0.1, 0.15) is 37.3 Å². The Balaban J connectivity index is 1.99. The molecule has 0 radical (unpaired) electrons. The summed E-state index contributed by atoms with van der Waals surface area (Å²) in [6.45, 7) is 5.39. The van der Waals surface area contributed by atoms with Gasteiger partial charge < -0.3 is 5.32 Å². The second-order valence-electron chi connectivity index (χ2n) is 5.33. The van der Waals surface area contributed by atoms with Crippen molar-refractivity contribution < 1.29 is 0 Å². The summed E-state index contributed by atoms with van der Waals surface area (Å²) in [4.78, 5) is 0. The molecule has 0 spiro atoms. The number of hydrogen-bond acceptors (Lipinski definition) is 2. The van der Waals surface area contributed by atoms with Crippen LogP contribution in [-0.4, -0.2) is 6.54 Å². The van der Waals surface area contributed by atoms with E-state index in [1.165, 1.54) is 24.8 Å². The Labute approximate surface area is 104 Å². The molecule has 1 aromatic rings. The van der Waals surface area contributed by atoms with Crippen molar-refractivity contribution in [1.82, 2.24) is 0 Å². The Morgan fingerprint density at radius 1 is 1.41 bits per heavy atom. The van der Waals surface area contributed by atoms with Crippen LogP contribution in [0.3, 0.4) is 0 Å². The van der Waals surface area contributed by atoms with E-state index in [9.17, 15) is 0 Å². The Kier molecular flexibility index (Phi) is 3.68. The lowest BCUT2D eigenvalue weighted by molar-refractivity contribution is 0.537. The number of nitriles is 1. The third-order valence-electron chi connectivity index (χ3n) is 3.68. The zero-order chi connectivity index (χ0) is 12.3. The van der Waals surface area contributed by atoms with Crippen LogP contribution >= 0.6 is 0 Å². The van der Waals surface area contributed by atoms with Crippen LogP contribution in [0.15, 0.2) is 18.2 Å². The Bertz CT molecular complexity index is 431. The van der Waals surface area contributed by atoms with Gasteiger partial charge in [0.05, 0.1) is 11.3 Å². The first-order chi connectivity index (χ1) is 8.19. The molecule has 1 aromatic carbocycles. The zero-order valence-corrected chi connectivity index (χ0v) is 10.7. The van der Waals surface area contributed by atoms with E-state index in [-0.39, 0.29) is 0 Å². The summed E-state index contributed by atoms with van der Waals surface area (Å²) >= 11 is 0. The van der Waals surface area contributed by atoms with E-state index in [4.69, 9.17) is 5.26 Å². The van der Waals surface area contributed by atoms with E-state index in [1.54, 1.807) is 0 Å². The molecule has 1 N–H and O–H groups in total. The van der Waals surface area contributed by atoms with Crippen LogP contribution in [0.5, 0.6) is 0 Å². The molecule has 0 amide bonds. The first-order valence-electron chi connectivity index (χ1n) is 6.43. The average Bonchev–Trinajstić information content (AvgIpc) is 2.73. The summed E-state index contributed by atoms with van der Waals surface area (Å²) in [5, 5.41) is 12.5. The summed E-state index contributed by atoms with van der Waals surface area (Å²) < 4.78 is 0. The van der Waals surface area contributed by atoms with Crippen molar-refractivity contribution in [3.8, 4) is 6.07 Å². The zero-order valence-electron chi connectivity index (χ0n) is 10.7. The highest BCUT2D eigenvalue weighted by Gasteiger charge is 2.21. The van der Waals surface area contributed by atoms with Gasteiger partial charge in [-0.05, 0) is 49.3 Å². The molecule has 2 atom stereocenters. The van der Waals surface area contributed by atoms with Crippen LogP contribution < -0.4 is 5.32 Å². The van der Waals surface area contributed by atoms with Gasteiger partial charge in [0, 0.05) is 6.54 Å². The molecule has 2 heteroatoms. The van der Waals surface area contributed by atoms with Crippen molar-refractivity contribution >= 4 is 5.69 Å². The lowest BCUT2D eigenvalue weighted by atomic mass is 10.1. The topological polar surface area (TPSA) is 35.8 Å². The quantitative estimate of drug-likeness (QED) is 0.856. The van der Waals surface area contributed by atoms with Crippen molar-refractivity contribution in [2.24, 2.45) is 11.8 Å². The SMILES string of the molecule is Cc1ccc(C#N)c(NCC2CCC(C)C2)c1. The summed E-state index contributed by atoms with van der Waals surface area (Å²) in [7, 11) is 0. The lowest BCUT2D eigenvalue weighted by Gasteiger charge is -2.13. The van der Waals surface area contributed by atoms with Gasteiger partial charge in [-0.2, -0.15) is 5.26 Å². The smallest absolute Gasteiger partial charge is 0.101 e. The van der Waals surface area contributed by atoms with E-state index < -0.39 is 0 Å². The second kappa shape index (κ2) is 5.23. The maximum atomic E-state index is 9.05. The van der Waals surface area contributed by atoms with Gasteiger partial charge in [0.15, 0.2) is 0 Å². The number of benzene rings is 1. The molecule has 0 aromatic heterocycles. The molecule has 90 valence electrons. The molecule has 2 unspecified atom stereocenters. The third kappa shape index (κ3) is 3.00. The van der Waals surface area contributed by atoms with Crippen molar-refractivity contribution in [2.75, 3.05) is 11.9 Å². The van der Waals surface area contributed by atoms with Crippen LogP contribution in [0.2, 0.25) is 0 Å².